The second-order valence-electron chi connectivity index (χ2n) is 3.92. The summed E-state index contributed by atoms with van der Waals surface area (Å²) in [6, 6.07) is 7.55. The van der Waals surface area contributed by atoms with Gasteiger partial charge in [-0.3, -0.25) is 0 Å². The summed E-state index contributed by atoms with van der Waals surface area (Å²) in [5, 5.41) is 1.37. The molecule has 5 heteroatoms. The minimum atomic E-state index is -0.401. The molecule has 0 aliphatic heterocycles. The number of fused-ring (bicyclic) bond motifs is 1. The van der Waals surface area contributed by atoms with Gasteiger partial charge in [0, 0.05) is 15.9 Å². The Morgan fingerprint density at radius 2 is 2.25 bits per heavy atom. The number of allylic oxidation sites excluding steroid dienone is 2. The van der Waals surface area contributed by atoms with Gasteiger partial charge in [-0.15, -0.1) is 0 Å². The van der Waals surface area contributed by atoms with Gasteiger partial charge in [-0.2, -0.15) is 0 Å². The van der Waals surface area contributed by atoms with Gasteiger partial charge in [0.05, 0.1) is 11.6 Å². The van der Waals surface area contributed by atoms with Crippen LogP contribution in [0.4, 0.5) is 0 Å². The lowest BCUT2D eigenvalue weighted by Crippen LogP contribution is -1.98. The largest absolute Gasteiger partial charge is 0.463 e. The van der Waals surface area contributed by atoms with Gasteiger partial charge in [0.25, 0.3) is 0 Å². The van der Waals surface area contributed by atoms with E-state index >= 15 is 0 Å². The number of carbonyl (C=O) groups excluding carboxylic acids is 1. The van der Waals surface area contributed by atoms with Crippen LogP contribution in [-0.2, 0) is 9.53 Å². The summed E-state index contributed by atoms with van der Waals surface area (Å²) in [7, 11) is 0. The molecule has 0 aliphatic carbocycles. The predicted octanol–water partition coefficient (Wildman–Crippen LogP) is 4.89. The van der Waals surface area contributed by atoms with Crippen LogP contribution in [0.5, 0.6) is 0 Å². The van der Waals surface area contributed by atoms with Gasteiger partial charge in [0.15, 0.2) is 0 Å². The summed E-state index contributed by atoms with van der Waals surface area (Å²) in [6.45, 7) is 2.10. The van der Waals surface area contributed by atoms with Crippen molar-refractivity contribution in [1.82, 2.24) is 0 Å². The lowest BCUT2D eigenvalue weighted by atomic mass is 10.2. The van der Waals surface area contributed by atoms with Crippen LogP contribution >= 0.6 is 27.5 Å². The van der Waals surface area contributed by atoms with Crippen molar-refractivity contribution in [3.8, 4) is 0 Å². The van der Waals surface area contributed by atoms with Crippen LogP contribution in [0.15, 0.2) is 51.4 Å². The molecule has 0 atom stereocenters. The van der Waals surface area contributed by atoms with Crippen LogP contribution in [0.3, 0.4) is 0 Å². The lowest BCUT2D eigenvalue weighted by molar-refractivity contribution is -0.137. The van der Waals surface area contributed by atoms with Gasteiger partial charge < -0.3 is 9.15 Å². The monoisotopic (exact) mass is 354 g/mol. The number of ether oxygens (including phenoxy) is 1. The first-order valence-corrected chi connectivity index (χ1v) is 7.17. The Bertz CT molecular complexity index is 685. The van der Waals surface area contributed by atoms with Gasteiger partial charge in [-0.05, 0) is 37.3 Å². The van der Waals surface area contributed by atoms with E-state index in [4.69, 9.17) is 20.8 Å². The highest BCUT2D eigenvalue weighted by Gasteiger charge is 2.06. The normalized spacial score (nSPS) is 12.2. The van der Waals surface area contributed by atoms with Crippen LogP contribution in [-0.4, -0.2) is 12.6 Å². The minimum Gasteiger partial charge on any atom is -0.463 e. The molecule has 104 valence electrons. The molecular weight excluding hydrogens is 344 g/mol. The third-order valence-electron chi connectivity index (χ3n) is 2.48. The molecule has 1 aromatic heterocycles. The number of rotatable bonds is 4. The van der Waals surface area contributed by atoms with Crippen molar-refractivity contribution in [2.24, 2.45) is 0 Å². The Balaban J connectivity index is 2.18. The number of halogens is 2. The molecule has 0 unspecified atom stereocenters. The fourth-order valence-electron chi connectivity index (χ4n) is 1.62. The van der Waals surface area contributed by atoms with E-state index in [0.717, 1.165) is 15.4 Å². The Morgan fingerprint density at radius 1 is 1.45 bits per heavy atom. The van der Waals surface area contributed by atoms with E-state index in [2.05, 4.69) is 15.9 Å². The second kappa shape index (κ2) is 6.77. The van der Waals surface area contributed by atoms with E-state index in [1.54, 1.807) is 13.0 Å². The molecule has 0 spiro atoms. The fraction of sp³-hybridized carbons (Fsp3) is 0.133. The summed E-state index contributed by atoms with van der Waals surface area (Å²) in [5.41, 5.74) is 0.754. The van der Waals surface area contributed by atoms with Crippen LogP contribution in [0.25, 0.3) is 16.0 Å². The summed E-state index contributed by atoms with van der Waals surface area (Å²) in [5.74, 6) is 0.148. The number of hydrogen-bond acceptors (Lipinski definition) is 3. The van der Waals surface area contributed by atoms with Gasteiger partial charge in [-0.1, -0.05) is 33.6 Å². The van der Waals surface area contributed by atoms with Crippen LogP contribution < -0.4 is 0 Å². The van der Waals surface area contributed by atoms with Crippen LogP contribution in [0.2, 0.25) is 0 Å². The van der Waals surface area contributed by atoms with Crippen molar-refractivity contribution >= 4 is 49.5 Å². The van der Waals surface area contributed by atoms with Crippen molar-refractivity contribution in [1.29, 1.82) is 0 Å². The molecule has 0 N–H and O–H groups in total. The zero-order valence-electron chi connectivity index (χ0n) is 10.7. The summed E-state index contributed by atoms with van der Waals surface area (Å²) < 4.78 is 11.4. The quantitative estimate of drug-likeness (QED) is 0.445. The highest BCUT2D eigenvalue weighted by Crippen LogP contribution is 2.28. The summed E-state index contributed by atoms with van der Waals surface area (Å²) in [6.07, 6.45) is 4.43. The number of furan rings is 1. The zero-order chi connectivity index (χ0) is 14.5. The summed E-state index contributed by atoms with van der Waals surface area (Å²) >= 11 is 9.53. The van der Waals surface area contributed by atoms with Gasteiger partial charge in [0.2, 0.25) is 0 Å². The van der Waals surface area contributed by atoms with E-state index in [1.165, 1.54) is 12.2 Å². The Labute approximate surface area is 130 Å². The maximum absolute atomic E-state index is 11.1. The first kappa shape index (κ1) is 14.9. The van der Waals surface area contributed by atoms with Gasteiger partial charge in [-0.25, -0.2) is 4.79 Å². The Kier molecular flexibility index (Phi) is 5.04. The van der Waals surface area contributed by atoms with Gasteiger partial charge in [0.1, 0.15) is 11.3 Å². The minimum absolute atomic E-state index is 0.346. The molecule has 0 radical (unpaired) electrons. The van der Waals surface area contributed by atoms with E-state index < -0.39 is 5.97 Å². The van der Waals surface area contributed by atoms with Crippen molar-refractivity contribution < 1.29 is 13.9 Å². The number of benzene rings is 1. The second-order valence-corrected chi connectivity index (χ2v) is 5.24. The maximum Gasteiger partial charge on any atom is 0.330 e. The van der Waals surface area contributed by atoms with E-state index in [-0.39, 0.29) is 0 Å². The molecule has 2 rings (SSSR count). The Hall–Kier alpha value is -1.52. The molecule has 20 heavy (non-hydrogen) atoms. The van der Waals surface area contributed by atoms with Crippen molar-refractivity contribution in [3.05, 3.63) is 52.7 Å². The standard InChI is InChI=1S/C15H12BrClO3/c1-2-19-15(18)5-3-4-12(17)14-9-10-8-11(16)6-7-13(10)20-14/h3-9H,2H2,1H3/b5-3+,12-4-. The van der Waals surface area contributed by atoms with Crippen molar-refractivity contribution in [2.75, 3.05) is 6.61 Å². The Morgan fingerprint density at radius 3 is 3.00 bits per heavy atom. The van der Waals surface area contributed by atoms with Crippen LogP contribution in [0, 0.1) is 0 Å². The SMILES string of the molecule is CCOC(=O)/C=C/C=C(\Cl)c1cc2cc(Br)ccc2o1. The molecule has 2 aromatic rings. The number of esters is 1. The smallest absolute Gasteiger partial charge is 0.330 e. The molecule has 0 saturated carbocycles. The van der Waals surface area contributed by atoms with E-state index in [1.807, 2.05) is 24.3 Å². The van der Waals surface area contributed by atoms with E-state index in [9.17, 15) is 4.79 Å². The molecule has 3 nitrogen and oxygen atoms in total. The first-order valence-electron chi connectivity index (χ1n) is 6.00. The first-order chi connectivity index (χ1) is 9.60. The fourth-order valence-corrected chi connectivity index (χ4v) is 2.16. The van der Waals surface area contributed by atoms with Crippen molar-refractivity contribution in [2.45, 2.75) is 6.92 Å². The molecule has 0 bridgehead atoms. The average molecular weight is 356 g/mol. The molecule has 0 fully saturated rings. The summed E-state index contributed by atoms with van der Waals surface area (Å²) in [4.78, 5) is 11.1. The average Bonchev–Trinajstić information content (AvgIpc) is 2.82. The van der Waals surface area contributed by atoms with E-state index in [0.29, 0.717) is 17.4 Å². The number of carbonyl (C=O) groups is 1. The number of hydrogen-bond donors (Lipinski definition) is 0. The molecule has 1 heterocycles. The van der Waals surface area contributed by atoms with Crippen LogP contribution in [0.1, 0.15) is 12.7 Å². The third kappa shape index (κ3) is 3.74. The highest BCUT2D eigenvalue weighted by atomic mass is 79.9. The lowest BCUT2D eigenvalue weighted by Gasteiger charge is -1.93. The molecule has 0 amide bonds. The molecule has 1 aromatic carbocycles. The molecule has 0 saturated heterocycles. The topological polar surface area (TPSA) is 39.4 Å². The molecule has 0 aliphatic rings. The van der Waals surface area contributed by atoms with Crippen molar-refractivity contribution in [3.63, 3.8) is 0 Å². The molecular formula is C15H12BrClO3. The maximum atomic E-state index is 11.1. The zero-order valence-corrected chi connectivity index (χ0v) is 13.1. The predicted molar refractivity (Wildman–Crippen MR) is 83.5 cm³/mol. The highest BCUT2D eigenvalue weighted by molar-refractivity contribution is 9.10. The third-order valence-corrected chi connectivity index (χ3v) is 3.28. The van der Waals surface area contributed by atoms with Gasteiger partial charge >= 0.3 is 5.97 Å².